The minimum Gasteiger partial charge on any atom is -0.405 e. The molecule has 0 aliphatic heterocycles. The number of aromatic nitrogens is 4. The van der Waals surface area contributed by atoms with Crippen LogP contribution < -0.4 is 16.2 Å². The van der Waals surface area contributed by atoms with Crippen molar-refractivity contribution in [1.82, 2.24) is 24.0 Å². The van der Waals surface area contributed by atoms with E-state index in [0.717, 1.165) is 12.3 Å². The number of ether oxygens (including phenoxy) is 1. The lowest BCUT2D eigenvalue weighted by Crippen LogP contribution is -2.23. The number of nitrogens with zero attached hydrogens (tertiary/aromatic N) is 5. The standard InChI is InChI=1S/C27H24F6N6O2/c1-4-19(37(2)15-22(34)26(28,29)30)17-11-9-16(10-12-17)14-39-24-20(38(3)25(39)40)13-35-23(36-24)18-7-5-6-8-21(18)41-27(31,32)33/h4-13,15H,14,34H2,1-3H3/b19-4-,22-15-. The Morgan fingerprint density at radius 3 is 2.34 bits per heavy atom. The Bertz CT molecular complexity index is 1680. The summed E-state index contributed by atoms with van der Waals surface area (Å²) in [6.45, 7) is 1.72. The van der Waals surface area contributed by atoms with E-state index in [-0.39, 0.29) is 23.6 Å². The van der Waals surface area contributed by atoms with Gasteiger partial charge in [0.05, 0.1) is 18.3 Å². The Hall–Kier alpha value is -4.75. The first-order chi connectivity index (χ1) is 19.2. The molecular formula is C27H24F6N6O2. The van der Waals surface area contributed by atoms with Crippen molar-refractivity contribution in [2.75, 3.05) is 7.05 Å². The van der Waals surface area contributed by atoms with E-state index in [1.807, 2.05) is 0 Å². The summed E-state index contributed by atoms with van der Waals surface area (Å²) in [6, 6.07) is 12.2. The van der Waals surface area contributed by atoms with Crippen LogP contribution in [0.1, 0.15) is 18.1 Å². The van der Waals surface area contributed by atoms with Crippen LogP contribution in [0.2, 0.25) is 0 Å². The van der Waals surface area contributed by atoms with Crippen molar-refractivity contribution in [3.63, 3.8) is 0 Å². The lowest BCUT2D eigenvalue weighted by atomic mass is 10.1. The normalized spacial score (nSPS) is 13.1. The van der Waals surface area contributed by atoms with Crippen molar-refractivity contribution >= 4 is 16.9 Å². The van der Waals surface area contributed by atoms with Crippen molar-refractivity contribution in [2.45, 2.75) is 26.0 Å². The molecule has 2 aromatic heterocycles. The topological polar surface area (TPSA) is 91.2 Å². The smallest absolute Gasteiger partial charge is 0.405 e. The van der Waals surface area contributed by atoms with Crippen molar-refractivity contribution < 1.29 is 31.1 Å². The average Bonchev–Trinajstić information content (AvgIpc) is 3.13. The number of nitrogens with two attached hydrogens (primary N) is 1. The van der Waals surface area contributed by atoms with Gasteiger partial charge in [-0.1, -0.05) is 42.5 Å². The van der Waals surface area contributed by atoms with E-state index in [2.05, 4.69) is 14.7 Å². The zero-order valence-corrected chi connectivity index (χ0v) is 22.0. The lowest BCUT2D eigenvalue weighted by molar-refractivity contribution is -0.274. The Kier molecular flexibility index (Phi) is 7.86. The molecule has 2 N–H and O–H groups in total. The van der Waals surface area contributed by atoms with Gasteiger partial charge in [-0.25, -0.2) is 14.8 Å². The summed E-state index contributed by atoms with van der Waals surface area (Å²) in [5.74, 6) is -0.560. The highest BCUT2D eigenvalue weighted by molar-refractivity contribution is 5.75. The number of fused-ring (bicyclic) bond motifs is 1. The molecule has 0 unspecified atom stereocenters. The Balaban J connectivity index is 1.67. The summed E-state index contributed by atoms with van der Waals surface area (Å²) >= 11 is 0. The number of para-hydroxylation sites is 1. The summed E-state index contributed by atoms with van der Waals surface area (Å²) in [7, 11) is 2.95. The molecule has 4 aromatic rings. The molecule has 0 atom stereocenters. The highest BCUT2D eigenvalue weighted by Crippen LogP contribution is 2.32. The fourth-order valence-electron chi connectivity index (χ4n) is 4.20. The monoisotopic (exact) mass is 578 g/mol. The molecule has 14 heteroatoms. The Morgan fingerprint density at radius 1 is 1.07 bits per heavy atom. The number of rotatable bonds is 7. The van der Waals surface area contributed by atoms with Crippen molar-refractivity contribution in [3.05, 3.63) is 94.3 Å². The molecule has 8 nitrogen and oxygen atoms in total. The van der Waals surface area contributed by atoms with Crippen molar-refractivity contribution in [1.29, 1.82) is 0 Å². The van der Waals surface area contributed by atoms with Gasteiger partial charge in [0.1, 0.15) is 17.0 Å². The van der Waals surface area contributed by atoms with Gasteiger partial charge in [0.25, 0.3) is 0 Å². The minimum atomic E-state index is -4.93. The van der Waals surface area contributed by atoms with Crippen LogP contribution in [0.5, 0.6) is 5.75 Å². The van der Waals surface area contributed by atoms with E-state index in [4.69, 9.17) is 5.73 Å². The number of imidazole rings is 1. The molecule has 0 saturated carbocycles. The van der Waals surface area contributed by atoms with Crippen LogP contribution in [-0.4, -0.2) is 43.6 Å². The van der Waals surface area contributed by atoms with E-state index in [1.54, 1.807) is 37.3 Å². The predicted molar refractivity (Wildman–Crippen MR) is 140 cm³/mol. The number of hydrogen-bond acceptors (Lipinski definition) is 6. The predicted octanol–water partition coefficient (Wildman–Crippen LogP) is 5.40. The number of aryl methyl sites for hydroxylation is 1. The quantitative estimate of drug-likeness (QED) is 0.296. The van der Waals surface area contributed by atoms with E-state index in [1.165, 1.54) is 52.5 Å². The first kappa shape index (κ1) is 29.2. The molecule has 2 aromatic carbocycles. The van der Waals surface area contributed by atoms with Crippen molar-refractivity contribution in [2.24, 2.45) is 12.8 Å². The van der Waals surface area contributed by atoms with Gasteiger partial charge in [-0.05, 0) is 30.2 Å². The molecule has 4 rings (SSSR count). The summed E-state index contributed by atoms with van der Waals surface area (Å²) in [4.78, 5) is 22.9. The van der Waals surface area contributed by atoms with Crippen LogP contribution in [0, 0.1) is 0 Å². The number of halogens is 6. The maximum atomic E-state index is 13.0. The van der Waals surface area contributed by atoms with Crippen LogP contribution >= 0.6 is 0 Å². The van der Waals surface area contributed by atoms with Gasteiger partial charge < -0.3 is 15.4 Å². The minimum absolute atomic E-state index is 0.0119. The molecule has 0 aliphatic rings. The number of alkyl halides is 6. The second-order valence-electron chi connectivity index (χ2n) is 8.94. The van der Waals surface area contributed by atoms with Gasteiger partial charge in [0, 0.05) is 26.0 Å². The average molecular weight is 579 g/mol. The van der Waals surface area contributed by atoms with Crippen LogP contribution in [0.4, 0.5) is 26.3 Å². The molecule has 216 valence electrons. The summed E-state index contributed by atoms with van der Waals surface area (Å²) in [5.41, 5.74) is 5.71. The second-order valence-corrected chi connectivity index (χ2v) is 8.94. The highest BCUT2D eigenvalue weighted by atomic mass is 19.4. The summed E-state index contributed by atoms with van der Waals surface area (Å²) < 4.78 is 84.2. The van der Waals surface area contributed by atoms with E-state index >= 15 is 0 Å². The van der Waals surface area contributed by atoms with Crippen LogP contribution in [-0.2, 0) is 13.6 Å². The van der Waals surface area contributed by atoms with Gasteiger partial charge in [-0.2, -0.15) is 13.2 Å². The first-order valence-corrected chi connectivity index (χ1v) is 12.0. The largest absolute Gasteiger partial charge is 0.573 e. The van der Waals surface area contributed by atoms with Gasteiger partial charge in [0.15, 0.2) is 11.5 Å². The number of allylic oxidation sites excluding steroid dienone is 2. The van der Waals surface area contributed by atoms with Crippen LogP contribution in [0.15, 0.2) is 77.5 Å². The molecule has 0 saturated heterocycles. The van der Waals surface area contributed by atoms with Gasteiger partial charge in [-0.3, -0.25) is 9.13 Å². The Labute approximate surface area is 229 Å². The Morgan fingerprint density at radius 2 is 1.73 bits per heavy atom. The maximum absolute atomic E-state index is 13.0. The molecule has 0 radical (unpaired) electrons. The van der Waals surface area contributed by atoms with Crippen molar-refractivity contribution in [3.8, 4) is 17.1 Å². The molecule has 0 spiro atoms. The fraction of sp³-hybridized carbons (Fsp3) is 0.222. The number of benzene rings is 2. The molecule has 0 amide bonds. The zero-order valence-electron chi connectivity index (χ0n) is 22.0. The van der Waals surface area contributed by atoms with Gasteiger partial charge in [-0.15, -0.1) is 13.2 Å². The lowest BCUT2D eigenvalue weighted by Gasteiger charge is -2.20. The van der Waals surface area contributed by atoms with Gasteiger partial charge >= 0.3 is 18.2 Å². The molecule has 0 fully saturated rings. The molecule has 2 heterocycles. The van der Waals surface area contributed by atoms with Crippen LogP contribution in [0.25, 0.3) is 28.2 Å². The summed E-state index contributed by atoms with van der Waals surface area (Å²) in [6.07, 6.45) is -5.84. The van der Waals surface area contributed by atoms with Crippen LogP contribution in [0.3, 0.4) is 0 Å². The van der Waals surface area contributed by atoms with E-state index < -0.39 is 29.7 Å². The zero-order chi connectivity index (χ0) is 30.1. The fourth-order valence-corrected chi connectivity index (χ4v) is 4.20. The summed E-state index contributed by atoms with van der Waals surface area (Å²) in [5, 5.41) is 0. The van der Waals surface area contributed by atoms with E-state index in [9.17, 15) is 31.1 Å². The SMILES string of the molecule is C/C=C(/c1ccc(Cn2c(=O)n(C)c3cnc(-c4ccccc4OC(F)(F)F)nc32)cc1)N(C)/C=C(\N)C(F)(F)F. The molecule has 0 aliphatic carbocycles. The molecular weight excluding hydrogens is 554 g/mol. The number of hydrogen-bond donors (Lipinski definition) is 1. The second kappa shape index (κ2) is 11.0. The van der Waals surface area contributed by atoms with Gasteiger partial charge in [0.2, 0.25) is 0 Å². The third-order valence-corrected chi connectivity index (χ3v) is 6.14. The highest BCUT2D eigenvalue weighted by Gasteiger charge is 2.33. The first-order valence-electron chi connectivity index (χ1n) is 12.0. The van der Waals surface area contributed by atoms with E-state index in [0.29, 0.717) is 22.3 Å². The molecule has 0 bridgehead atoms. The maximum Gasteiger partial charge on any atom is 0.573 e. The molecule has 41 heavy (non-hydrogen) atoms. The third-order valence-electron chi connectivity index (χ3n) is 6.14. The third kappa shape index (κ3) is 6.36.